The second-order valence-corrected chi connectivity index (χ2v) is 4.56. The summed E-state index contributed by atoms with van der Waals surface area (Å²) in [5.41, 5.74) is 1.03. The predicted molar refractivity (Wildman–Crippen MR) is 69.4 cm³/mol. The Labute approximate surface area is 112 Å². The Morgan fingerprint density at radius 1 is 1.16 bits per heavy atom. The fraction of sp³-hybridized carbons (Fsp3) is 0.467. The zero-order valence-electron chi connectivity index (χ0n) is 10.9. The van der Waals surface area contributed by atoms with E-state index in [1.165, 1.54) is 0 Å². The van der Waals surface area contributed by atoms with Crippen LogP contribution in [0.15, 0.2) is 42.5 Å². The summed E-state index contributed by atoms with van der Waals surface area (Å²) >= 11 is 0. The molecule has 0 saturated carbocycles. The van der Waals surface area contributed by atoms with Crippen LogP contribution in [0.4, 0.5) is 0 Å². The minimum atomic E-state index is -0.320. The number of hydrogen-bond donors (Lipinski definition) is 0. The van der Waals surface area contributed by atoms with Gasteiger partial charge in [0.1, 0.15) is 12.2 Å². The van der Waals surface area contributed by atoms with Crippen molar-refractivity contribution in [1.29, 1.82) is 0 Å². The van der Waals surface area contributed by atoms with E-state index in [1.54, 1.807) is 0 Å². The van der Waals surface area contributed by atoms with Crippen LogP contribution < -0.4 is 0 Å². The van der Waals surface area contributed by atoms with Gasteiger partial charge in [-0.2, -0.15) is 0 Å². The van der Waals surface area contributed by atoms with Gasteiger partial charge in [-0.1, -0.05) is 36.4 Å². The van der Waals surface area contributed by atoms with Crippen LogP contribution in [-0.4, -0.2) is 31.7 Å². The second kappa shape index (κ2) is 5.84. The minimum absolute atomic E-state index is 0.0735. The van der Waals surface area contributed by atoms with Gasteiger partial charge in [0, 0.05) is 12.2 Å². The number of rotatable bonds is 3. The van der Waals surface area contributed by atoms with Crippen LogP contribution in [0, 0.1) is 0 Å². The Hall–Kier alpha value is -1.20. The predicted octanol–water partition coefficient (Wildman–Crippen LogP) is 2.42. The molecule has 1 fully saturated rings. The van der Waals surface area contributed by atoms with Crippen molar-refractivity contribution in [3.63, 3.8) is 0 Å². The fourth-order valence-electron chi connectivity index (χ4n) is 2.29. The summed E-state index contributed by atoms with van der Waals surface area (Å²) in [5.74, 6) is 0. The maximum absolute atomic E-state index is 5.91. The molecule has 1 unspecified atom stereocenters. The lowest BCUT2D eigenvalue weighted by molar-refractivity contribution is -0.283. The first-order valence-electron chi connectivity index (χ1n) is 6.64. The Morgan fingerprint density at radius 2 is 2.00 bits per heavy atom. The van der Waals surface area contributed by atoms with Crippen molar-refractivity contribution >= 4 is 0 Å². The maximum Gasteiger partial charge on any atom is 0.184 e. The van der Waals surface area contributed by atoms with Gasteiger partial charge in [0.2, 0.25) is 0 Å². The number of fused-ring (bicyclic) bond motifs is 1. The summed E-state index contributed by atoms with van der Waals surface area (Å²) in [4.78, 5) is 0. The van der Waals surface area contributed by atoms with Gasteiger partial charge in [-0.15, -0.1) is 0 Å². The smallest absolute Gasteiger partial charge is 0.184 e. The lowest BCUT2D eigenvalue weighted by Gasteiger charge is -2.38. The highest BCUT2D eigenvalue weighted by Gasteiger charge is 2.35. The topological polar surface area (TPSA) is 36.9 Å². The highest BCUT2D eigenvalue weighted by atomic mass is 16.7. The maximum atomic E-state index is 5.91. The van der Waals surface area contributed by atoms with Crippen molar-refractivity contribution in [3.05, 3.63) is 48.0 Å². The van der Waals surface area contributed by atoms with Crippen molar-refractivity contribution < 1.29 is 18.9 Å². The van der Waals surface area contributed by atoms with Gasteiger partial charge in [-0.3, -0.25) is 0 Å². The Balaban J connectivity index is 1.67. The molecule has 2 heterocycles. The zero-order valence-corrected chi connectivity index (χ0v) is 10.9. The zero-order chi connectivity index (χ0) is 13.1. The average molecular weight is 262 g/mol. The SMILES string of the molecule is CCO[C@@H]1C=C[C@@H]2OC(c3ccccc3)OC[C@H]2O1. The Kier molecular flexibility index (Phi) is 3.94. The van der Waals surface area contributed by atoms with E-state index in [2.05, 4.69) is 0 Å². The second-order valence-electron chi connectivity index (χ2n) is 4.56. The molecule has 4 heteroatoms. The van der Waals surface area contributed by atoms with Crippen LogP contribution in [0.2, 0.25) is 0 Å². The van der Waals surface area contributed by atoms with Gasteiger partial charge in [-0.05, 0) is 13.0 Å². The first kappa shape index (κ1) is 12.8. The van der Waals surface area contributed by atoms with Crippen molar-refractivity contribution in [2.45, 2.75) is 31.7 Å². The normalized spacial score (nSPS) is 33.9. The third-order valence-electron chi connectivity index (χ3n) is 3.23. The molecule has 0 aliphatic carbocycles. The van der Waals surface area contributed by atoms with Crippen LogP contribution in [-0.2, 0) is 18.9 Å². The Morgan fingerprint density at radius 3 is 2.79 bits per heavy atom. The van der Waals surface area contributed by atoms with Gasteiger partial charge < -0.3 is 18.9 Å². The monoisotopic (exact) mass is 262 g/mol. The van der Waals surface area contributed by atoms with Crippen LogP contribution in [0.25, 0.3) is 0 Å². The summed E-state index contributed by atoms with van der Waals surface area (Å²) in [7, 11) is 0. The third-order valence-corrected chi connectivity index (χ3v) is 3.23. The highest BCUT2D eigenvalue weighted by molar-refractivity contribution is 5.17. The van der Waals surface area contributed by atoms with E-state index in [0.29, 0.717) is 13.2 Å². The van der Waals surface area contributed by atoms with Crippen LogP contribution in [0.1, 0.15) is 18.8 Å². The molecule has 1 aromatic rings. The fourth-order valence-corrected chi connectivity index (χ4v) is 2.29. The minimum Gasteiger partial charge on any atom is -0.349 e. The van der Waals surface area contributed by atoms with Crippen LogP contribution >= 0.6 is 0 Å². The molecular formula is C15H18O4. The molecule has 4 atom stereocenters. The molecular weight excluding hydrogens is 244 g/mol. The lowest BCUT2D eigenvalue weighted by Crippen LogP contribution is -2.45. The van der Waals surface area contributed by atoms with E-state index in [-0.39, 0.29) is 24.8 Å². The average Bonchev–Trinajstić information content (AvgIpc) is 2.48. The van der Waals surface area contributed by atoms with E-state index in [1.807, 2.05) is 49.4 Å². The molecule has 0 radical (unpaired) electrons. The van der Waals surface area contributed by atoms with E-state index in [0.717, 1.165) is 5.56 Å². The van der Waals surface area contributed by atoms with E-state index < -0.39 is 0 Å². The molecule has 19 heavy (non-hydrogen) atoms. The molecule has 2 aliphatic rings. The van der Waals surface area contributed by atoms with Crippen molar-refractivity contribution in [2.24, 2.45) is 0 Å². The lowest BCUT2D eigenvalue weighted by atomic mass is 10.1. The summed E-state index contributed by atoms with van der Waals surface area (Å²) in [6.45, 7) is 3.08. The number of ether oxygens (including phenoxy) is 4. The number of benzene rings is 1. The molecule has 1 aromatic carbocycles. The standard InChI is InChI=1S/C15H18O4/c1-2-16-14-9-8-12-13(18-14)10-17-15(19-12)11-6-4-3-5-7-11/h3-9,12-15H,2,10H2,1H3/t12-,13+,14-,15?/m0/s1. The van der Waals surface area contributed by atoms with Crippen molar-refractivity contribution in [1.82, 2.24) is 0 Å². The molecule has 102 valence electrons. The molecule has 0 aromatic heterocycles. The number of hydrogen-bond acceptors (Lipinski definition) is 4. The first-order chi connectivity index (χ1) is 9.36. The van der Waals surface area contributed by atoms with Crippen LogP contribution in [0.3, 0.4) is 0 Å². The molecule has 3 rings (SSSR count). The molecule has 4 nitrogen and oxygen atoms in total. The van der Waals surface area contributed by atoms with Crippen molar-refractivity contribution in [2.75, 3.05) is 13.2 Å². The molecule has 0 bridgehead atoms. The highest BCUT2D eigenvalue weighted by Crippen LogP contribution is 2.30. The molecule has 0 amide bonds. The summed E-state index contributed by atoms with van der Waals surface area (Å²) in [6.07, 6.45) is 3.13. The van der Waals surface area contributed by atoms with Gasteiger partial charge in [0.15, 0.2) is 12.6 Å². The molecule has 2 aliphatic heterocycles. The summed E-state index contributed by atoms with van der Waals surface area (Å²) in [6, 6.07) is 9.94. The van der Waals surface area contributed by atoms with Gasteiger partial charge >= 0.3 is 0 Å². The van der Waals surface area contributed by atoms with Crippen molar-refractivity contribution in [3.8, 4) is 0 Å². The van der Waals surface area contributed by atoms with E-state index in [4.69, 9.17) is 18.9 Å². The molecule has 0 spiro atoms. The molecule has 0 N–H and O–H groups in total. The third kappa shape index (κ3) is 2.87. The van der Waals surface area contributed by atoms with E-state index in [9.17, 15) is 0 Å². The largest absolute Gasteiger partial charge is 0.349 e. The summed E-state index contributed by atoms with van der Waals surface area (Å²) < 4.78 is 22.8. The van der Waals surface area contributed by atoms with Gasteiger partial charge in [0.05, 0.1) is 6.61 Å². The molecule has 1 saturated heterocycles. The van der Waals surface area contributed by atoms with Gasteiger partial charge in [-0.25, -0.2) is 0 Å². The van der Waals surface area contributed by atoms with Gasteiger partial charge in [0.25, 0.3) is 0 Å². The summed E-state index contributed by atoms with van der Waals surface area (Å²) in [5, 5.41) is 0. The van der Waals surface area contributed by atoms with E-state index >= 15 is 0 Å². The van der Waals surface area contributed by atoms with Crippen LogP contribution in [0.5, 0.6) is 0 Å². The quantitative estimate of drug-likeness (QED) is 0.784. The first-order valence-corrected chi connectivity index (χ1v) is 6.64. The Bertz CT molecular complexity index is 431.